The molecule has 0 aliphatic carbocycles. The second-order valence-electron chi connectivity index (χ2n) is 8.36. The summed E-state index contributed by atoms with van der Waals surface area (Å²) in [5, 5.41) is 99.5. The predicted molar refractivity (Wildman–Crippen MR) is 99.8 cm³/mol. The summed E-state index contributed by atoms with van der Waals surface area (Å²) >= 11 is 0. The van der Waals surface area contributed by atoms with Gasteiger partial charge in [0.05, 0.1) is 19.3 Å². The van der Waals surface area contributed by atoms with Crippen LogP contribution in [0.4, 0.5) is 0 Å². The molecule has 0 saturated carbocycles. The number of aliphatic hydroxyl groups excluding tert-OH is 10. The van der Waals surface area contributed by atoms with Gasteiger partial charge in [0.1, 0.15) is 67.1 Å². The summed E-state index contributed by atoms with van der Waals surface area (Å²) in [6, 6.07) is 0. The van der Waals surface area contributed by atoms with Crippen molar-refractivity contribution >= 4 is 0 Å². The Morgan fingerprint density at radius 2 is 1.21 bits per heavy atom. The first kappa shape index (κ1) is 27.0. The van der Waals surface area contributed by atoms with Gasteiger partial charge in [-0.1, -0.05) is 0 Å². The minimum atomic E-state index is -1.88. The van der Waals surface area contributed by atoms with Gasteiger partial charge in [0.2, 0.25) is 0 Å². The van der Waals surface area contributed by atoms with Crippen LogP contribution in [0.5, 0.6) is 0 Å². The first-order chi connectivity index (χ1) is 15.5. The third-order valence-corrected chi connectivity index (χ3v) is 6.03. The van der Waals surface area contributed by atoms with E-state index in [-0.39, 0.29) is 0 Å². The van der Waals surface area contributed by atoms with Gasteiger partial charge in [0.25, 0.3) is 0 Å². The third-order valence-electron chi connectivity index (χ3n) is 6.03. The highest BCUT2D eigenvalue weighted by molar-refractivity contribution is 4.94. The molecule has 15 heteroatoms. The van der Waals surface area contributed by atoms with Crippen LogP contribution < -0.4 is 0 Å². The third kappa shape index (κ3) is 5.48. The van der Waals surface area contributed by atoms with Crippen LogP contribution >= 0.6 is 0 Å². The van der Waals surface area contributed by atoms with Crippen molar-refractivity contribution < 1.29 is 74.7 Å². The summed E-state index contributed by atoms with van der Waals surface area (Å²) in [5.74, 6) is 0. The molecule has 0 aromatic carbocycles. The maximum atomic E-state index is 10.6. The second kappa shape index (κ2) is 11.0. The Balaban J connectivity index is 1.64. The molecule has 0 bridgehead atoms. The summed E-state index contributed by atoms with van der Waals surface area (Å²) in [6.07, 6.45) is -23.5. The van der Waals surface area contributed by atoms with Crippen molar-refractivity contribution in [2.75, 3.05) is 13.2 Å². The maximum absolute atomic E-state index is 10.6. The van der Waals surface area contributed by atoms with E-state index in [1.54, 1.807) is 0 Å². The molecule has 0 radical (unpaired) electrons. The van der Waals surface area contributed by atoms with Gasteiger partial charge < -0.3 is 74.7 Å². The van der Waals surface area contributed by atoms with Gasteiger partial charge in [-0.05, 0) is 6.92 Å². The minimum Gasteiger partial charge on any atom is -0.394 e. The van der Waals surface area contributed by atoms with Crippen molar-refractivity contribution in [3.8, 4) is 0 Å². The summed E-state index contributed by atoms with van der Waals surface area (Å²) in [6.45, 7) is 0.148. The number of hydrogen-bond acceptors (Lipinski definition) is 15. The maximum Gasteiger partial charge on any atom is 0.187 e. The van der Waals surface area contributed by atoms with Crippen molar-refractivity contribution in [2.24, 2.45) is 0 Å². The standard InChI is InChI=1S/C18H32O15/c1-4-7(20)10(23)13(26)18(30-4)33-15-9(22)6(31-16(28)14(15)27)3-29-17-12(25)11(24)8(21)5(2-19)32-17/h4-28H,2-3H2,1H3/t4-,5+,6+,7-,8+,9-,10+,11-,12+,13+,14+,15-,16+,17-,18-/m0/s1. The molecule has 3 aliphatic rings. The molecular formula is C18H32O15. The zero-order valence-electron chi connectivity index (χ0n) is 17.6. The Morgan fingerprint density at radius 3 is 1.85 bits per heavy atom. The molecule has 3 saturated heterocycles. The Bertz CT molecular complexity index is 624. The molecule has 10 N–H and O–H groups in total. The summed E-state index contributed by atoms with van der Waals surface area (Å²) in [5.41, 5.74) is 0. The quantitative estimate of drug-likeness (QED) is 0.167. The first-order valence-corrected chi connectivity index (χ1v) is 10.4. The molecule has 33 heavy (non-hydrogen) atoms. The van der Waals surface area contributed by atoms with E-state index in [9.17, 15) is 51.1 Å². The molecule has 15 nitrogen and oxygen atoms in total. The molecule has 0 unspecified atom stereocenters. The zero-order valence-corrected chi connectivity index (χ0v) is 17.6. The van der Waals surface area contributed by atoms with E-state index in [4.69, 9.17) is 23.7 Å². The second-order valence-corrected chi connectivity index (χ2v) is 8.36. The van der Waals surface area contributed by atoms with Crippen LogP contribution in [0.2, 0.25) is 0 Å². The average Bonchev–Trinajstić information content (AvgIpc) is 2.79. The van der Waals surface area contributed by atoms with Crippen LogP contribution in [0, 0.1) is 0 Å². The largest absolute Gasteiger partial charge is 0.394 e. The molecule has 0 aromatic rings. The Kier molecular flexibility index (Phi) is 8.99. The molecule has 0 spiro atoms. The van der Waals surface area contributed by atoms with Crippen LogP contribution in [0.3, 0.4) is 0 Å². The number of ether oxygens (including phenoxy) is 5. The predicted octanol–water partition coefficient (Wildman–Crippen LogP) is -6.55. The van der Waals surface area contributed by atoms with Gasteiger partial charge in [0, 0.05) is 0 Å². The lowest BCUT2D eigenvalue weighted by Gasteiger charge is -2.45. The summed E-state index contributed by atoms with van der Waals surface area (Å²) < 4.78 is 26.3. The van der Waals surface area contributed by atoms with E-state index >= 15 is 0 Å². The van der Waals surface area contributed by atoms with E-state index < -0.39 is 105 Å². The molecule has 0 amide bonds. The van der Waals surface area contributed by atoms with Crippen LogP contribution in [0.15, 0.2) is 0 Å². The molecule has 3 fully saturated rings. The number of hydrogen-bond donors (Lipinski definition) is 10. The number of aliphatic hydroxyl groups is 10. The van der Waals surface area contributed by atoms with Gasteiger partial charge in [-0.25, -0.2) is 0 Å². The minimum absolute atomic E-state index is 0.570. The lowest BCUT2D eigenvalue weighted by Crippen LogP contribution is -2.64. The van der Waals surface area contributed by atoms with Crippen molar-refractivity contribution in [2.45, 2.75) is 99.0 Å². The molecule has 3 rings (SSSR count). The van der Waals surface area contributed by atoms with Crippen LogP contribution in [-0.4, -0.2) is 156 Å². The van der Waals surface area contributed by atoms with Crippen LogP contribution in [-0.2, 0) is 23.7 Å². The molecule has 194 valence electrons. The van der Waals surface area contributed by atoms with Gasteiger partial charge in [-0.15, -0.1) is 0 Å². The van der Waals surface area contributed by atoms with Gasteiger partial charge in [-0.2, -0.15) is 0 Å². The van der Waals surface area contributed by atoms with E-state index in [2.05, 4.69) is 0 Å². The van der Waals surface area contributed by atoms with Crippen molar-refractivity contribution in [1.82, 2.24) is 0 Å². The topological polar surface area (TPSA) is 248 Å². The fourth-order valence-corrected chi connectivity index (χ4v) is 3.89. The monoisotopic (exact) mass is 488 g/mol. The van der Waals surface area contributed by atoms with Crippen LogP contribution in [0.1, 0.15) is 6.92 Å². The van der Waals surface area contributed by atoms with Crippen molar-refractivity contribution in [3.05, 3.63) is 0 Å². The van der Waals surface area contributed by atoms with E-state index in [0.717, 1.165) is 0 Å². The Hall–Kier alpha value is -0.600. The van der Waals surface area contributed by atoms with Crippen molar-refractivity contribution in [1.29, 1.82) is 0 Å². The zero-order chi connectivity index (χ0) is 24.6. The highest BCUT2D eigenvalue weighted by atomic mass is 16.7. The Labute approximate surface area is 187 Å². The van der Waals surface area contributed by atoms with Gasteiger partial charge in [0.15, 0.2) is 18.9 Å². The molecule has 3 heterocycles. The van der Waals surface area contributed by atoms with E-state index in [1.165, 1.54) is 6.92 Å². The molecule has 15 atom stereocenters. The summed E-state index contributed by atoms with van der Waals surface area (Å²) in [7, 11) is 0. The highest BCUT2D eigenvalue weighted by Crippen LogP contribution is 2.29. The van der Waals surface area contributed by atoms with E-state index in [0.29, 0.717) is 0 Å². The highest BCUT2D eigenvalue weighted by Gasteiger charge is 2.50. The van der Waals surface area contributed by atoms with Crippen molar-refractivity contribution in [3.63, 3.8) is 0 Å². The summed E-state index contributed by atoms with van der Waals surface area (Å²) in [4.78, 5) is 0. The number of rotatable bonds is 6. The van der Waals surface area contributed by atoms with Gasteiger partial charge in [-0.3, -0.25) is 0 Å². The molecule has 3 aliphatic heterocycles. The van der Waals surface area contributed by atoms with E-state index in [1.807, 2.05) is 0 Å². The fourth-order valence-electron chi connectivity index (χ4n) is 3.89. The first-order valence-electron chi connectivity index (χ1n) is 10.4. The van der Waals surface area contributed by atoms with Crippen LogP contribution in [0.25, 0.3) is 0 Å². The lowest BCUT2D eigenvalue weighted by atomic mass is 9.97. The lowest BCUT2D eigenvalue weighted by molar-refractivity contribution is -0.359. The van der Waals surface area contributed by atoms with Gasteiger partial charge >= 0.3 is 0 Å². The fraction of sp³-hybridized carbons (Fsp3) is 1.00. The SMILES string of the molecule is C[C@@H]1O[C@@H](O[C@@H]2[C@@H](O)[C@H](O)O[C@H](CO[C@H]3O[C@H](CO)[C@@H](O)[C@H](O)[C@H]3O)[C@@H]2O)[C@H](O)[C@H](O)[C@H]1O. The Morgan fingerprint density at radius 1 is 0.606 bits per heavy atom. The normalized spacial score (nSPS) is 53.7. The average molecular weight is 488 g/mol. The molecular weight excluding hydrogens is 456 g/mol. The molecule has 0 aromatic heterocycles. The smallest absolute Gasteiger partial charge is 0.187 e.